The molecule has 4 aliphatic rings. The summed E-state index contributed by atoms with van der Waals surface area (Å²) in [6.45, 7) is 4.08. The Morgan fingerprint density at radius 3 is 1.50 bits per heavy atom. The molecule has 4 rings (SSSR count). The van der Waals surface area contributed by atoms with Gasteiger partial charge in [-0.15, -0.1) is 0 Å². The first kappa shape index (κ1) is 11.6. The SMILES string of the molecule is C1O[C@@H]1CO[C@H]1CO[C@H]2[C@H]1OC[C@@H]2OC[C@@H]1CO1. The maximum absolute atomic E-state index is 5.77. The second-order valence-electron chi connectivity index (χ2n) is 5.25. The third-order valence-electron chi connectivity index (χ3n) is 3.76. The number of hydrogen-bond donors (Lipinski definition) is 0. The van der Waals surface area contributed by atoms with Gasteiger partial charge in [-0.05, 0) is 0 Å². The van der Waals surface area contributed by atoms with E-state index in [2.05, 4.69) is 0 Å². The average molecular weight is 258 g/mol. The Morgan fingerprint density at radius 2 is 1.11 bits per heavy atom. The smallest absolute Gasteiger partial charge is 0.115 e. The number of ether oxygens (including phenoxy) is 6. The lowest BCUT2D eigenvalue weighted by atomic mass is 10.1. The molecule has 4 aliphatic heterocycles. The van der Waals surface area contributed by atoms with Crippen LogP contribution in [0.1, 0.15) is 0 Å². The molecule has 0 spiro atoms. The van der Waals surface area contributed by atoms with E-state index in [-0.39, 0.29) is 36.6 Å². The molecule has 0 amide bonds. The summed E-state index contributed by atoms with van der Waals surface area (Å²) < 4.78 is 33.3. The third-order valence-corrected chi connectivity index (χ3v) is 3.76. The highest BCUT2D eigenvalue weighted by atomic mass is 16.7. The zero-order valence-corrected chi connectivity index (χ0v) is 10.2. The second kappa shape index (κ2) is 4.70. The first-order valence-corrected chi connectivity index (χ1v) is 6.60. The van der Waals surface area contributed by atoms with Crippen LogP contribution in [0.25, 0.3) is 0 Å². The van der Waals surface area contributed by atoms with Crippen LogP contribution in [0.5, 0.6) is 0 Å². The molecule has 4 heterocycles. The Morgan fingerprint density at radius 1 is 0.667 bits per heavy atom. The van der Waals surface area contributed by atoms with Crippen molar-refractivity contribution in [3.05, 3.63) is 0 Å². The predicted octanol–water partition coefficient (Wildman–Crippen LogP) is -0.648. The van der Waals surface area contributed by atoms with E-state index in [0.717, 1.165) is 13.2 Å². The zero-order chi connectivity index (χ0) is 11.9. The largest absolute Gasteiger partial charge is 0.371 e. The molecular formula is C12H18O6. The van der Waals surface area contributed by atoms with E-state index in [1.54, 1.807) is 0 Å². The van der Waals surface area contributed by atoms with E-state index in [9.17, 15) is 0 Å². The van der Waals surface area contributed by atoms with Gasteiger partial charge in [-0.2, -0.15) is 0 Å². The summed E-state index contributed by atoms with van der Waals surface area (Å²) in [5.41, 5.74) is 0. The van der Waals surface area contributed by atoms with Crippen molar-refractivity contribution in [3.63, 3.8) is 0 Å². The van der Waals surface area contributed by atoms with E-state index in [1.807, 2.05) is 0 Å². The average Bonchev–Trinajstić information content (AvgIpc) is 3.28. The fraction of sp³-hybridized carbons (Fsp3) is 1.00. The van der Waals surface area contributed by atoms with E-state index in [1.165, 1.54) is 0 Å². The molecule has 4 saturated heterocycles. The van der Waals surface area contributed by atoms with Crippen LogP contribution in [-0.2, 0) is 28.4 Å². The van der Waals surface area contributed by atoms with Crippen molar-refractivity contribution in [1.82, 2.24) is 0 Å². The fourth-order valence-electron chi connectivity index (χ4n) is 2.51. The minimum Gasteiger partial charge on any atom is -0.371 e. The first-order valence-electron chi connectivity index (χ1n) is 6.60. The van der Waals surface area contributed by atoms with E-state index in [0.29, 0.717) is 26.4 Å². The summed E-state index contributed by atoms with van der Waals surface area (Å²) in [6, 6.07) is 0. The molecule has 0 aromatic heterocycles. The van der Waals surface area contributed by atoms with Crippen molar-refractivity contribution in [3.8, 4) is 0 Å². The standard InChI is InChI=1S/C12H18O6/c1-7(13-1)3-15-9-5-17-12-10(6-18-11(9)12)16-4-8-2-14-8/h7-12H,1-6H2/t7-,8-,9-,10-,11-,12+/m0/s1. The van der Waals surface area contributed by atoms with Crippen molar-refractivity contribution in [1.29, 1.82) is 0 Å². The van der Waals surface area contributed by atoms with E-state index < -0.39 is 0 Å². The van der Waals surface area contributed by atoms with Gasteiger partial charge in [0.25, 0.3) is 0 Å². The summed E-state index contributed by atoms with van der Waals surface area (Å²) in [7, 11) is 0. The number of hydrogen-bond acceptors (Lipinski definition) is 6. The Kier molecular flexibility index (Phi) is 3.02. The Hall–Kier alpha value is -0.240. The third kappa shape index (κ3) is 2.41. The summed E-state index contributed by atoms with van der Waals surface area (Å²) in [4.78, 5) is 0. The van der Waals surface area contributed by atoms with Gasteiger partial charge in [0.1, 0.15) is 36.6 Å². The number of epoxide rings is 2. The van der Waals surface area contributed by atoms with Crippen molar-refractivity contribution in [2.75, 3.05) is 39.6 Å². The molecule has 0 aromatic carbocycles. The molecule has 6 atom stereocenters. The van der Waals surface area contributed by atoms with Gasteiger partial charge in [0, 0.05) is 0 Å². The van der Waals surface area contributed by atoms with Crippen molar-refractivity contribution in [2.24, 2.45) is 0 Å². The normalized spacial score (nSPS) is 49.3. The molecule has 6 heteroatoms. The van der Waals surface area contributed by atoms with Crippen LogP contribution in [0.2, 0.25) is 0 Å². The van der Waals surface area contributed by atoms with Gasteiger partial charge in [-0.1, -0.05) is 0 Å². The fourth-order valence-corrected chi connectivity index (χ4v) is 2.51. The van der Waals surface area contributed by atoms with Crippen molar-refractivity contribution in [2.45, 2.75) is 36.6 Å². The highest BCUT2D eigenvalue weighted by molar-refractivity contribution is 4.96. The monoisotopic (exact) mass is 258 g/mol. The molecule has 0 bridgehead atoms. The molecule has 0 N–H and O–H groups in total. The van der Waals surface area contributed by atoms with Crippen LogP contribution < -0.4 is 0 Å². The lowest BCUT2D eigenvalue weighted by molar-refractivity contribution is -0.0541. The predicted molar refractivity (Wildman–Crippen MR) is 58.4 cm³/mol. The minimum atomic E-state index is 0.00821. The number of rotatable bonds is 6. The van der Waals surface area contributed by atoms with Gasteiger partial charge >= 0.3 is 0 Å². The van der Waals surface area contributed by atoms with Crippen LogP contribution in [0.15, 0.2) is 0 Å². The summed E-state index contributed by atoms with van der Waals surface area (Å²) in [5.74, 6) is 0. The van der Waals surface area contributed by atoms with Gasteiger partial charge in [0.2, 0.25) is 0 Å². The van der Waals surface area contributed by atoms with Crippen molar-refractivity contribution < 1.29 is 28.4 Å². The van der Waals surface area contributed by atoms with Gasteiger partial charge in [-0.3, -0.25) is 0 Å². The Labute approximate surface area is 105 Å². The summed E-state index contributed by atoms with van der Waals surface area (Å²) >= 11 is 0. The van der Waals surface area contributed by atoms with Crippen LogP contribution in [-0.4, -0.2) is 76.3 Å². The molecular weight excluding hydrogens is 240 g/mol. The van der Waals surface area contributed by atoms with Gasteiger partial charge in [0.15, 0.2) is 0 Å². The molecule has 0 aromatic rings. The maximum atomic E-state index is 5.77. The highest BCUT2D eigenvalue weighted by Gasteiger charge is 2.49. The Balaban J connectivity index is 1.27. The molecule has 0 aliphatic carbocycles. The van der Waals surface area contributed by atoms with E-state index in [4.69, 9.17) is 28.4 Å². The quantitative estimate of drug-likeness (QED) is 0.590. The molecule has 0 radical (unpaired) electrons. The summed E-state index contributed by atoms with van der Waals surface area (Å²) in [6.07, 6.45) is 0.617. The van der Waals surface area contributed by atoms with Crippen LogP contribution in [0.4, 0.5) is 0 Å². The number of fused-ring (bicyclic) bond motifs is 1. The Bertz CT molecular complexity index is 273. The molecule has 4 fully saturated rings. The molecule has 102 valence electrons. The zero-order valence-electron chi connectivity index (χ0n) is 10.2. The van der Waals surface area contributed by atoms with Crippen LogP contribution >= 0.6 is 0 Å². The summed E-state index contributed by atoms with van der Waals surface area (Å²) in [5, 5.41) is 0. The first-order chi connectivity index (χ1) is 8.90. The molecule has 18 heavy (non-hydrogen) atoms. The maximum Gasteiger partial charge on any atom is 0.115 e. The van der Waals surface area contributed by atoms with Crippen LogP contribution in [0.3, 0.4) is 0 Å². The topological polar surface area (TPSA) is 62.0 Å². The van der Waals surface area contributed by atoms with Gasteiger partial charge in [0.05, 0.1) is 39.6 Å². The van der Waals surface area contributed by atoms with Crippen LogP contribution in [0, 0.1) is 0 Å². The second-order valence-corrected chi connectivity index (χ2v) is 5.25. The van der Waals surface area contributed by atoms with Crippen molar-refractivity contribution >= 4 is 0 Å². The van der Waals surface area contributed by atoms with Gasteiger partial charge in [-0.25, -0.2) is 0 Å². The lowest BCUT2D eigenvalue weighted by Gasteiger charge is -2.16. The molecule has 0 saturated carbocycles. The van der Waals surface area contributed by atoms with Gasteiger partial charge < -0.3 is 28.4 Å². The van der Waals surface area contributed by atoms with E-state index >= 15 is 0 Å². The lowest BCUT2D eigenvalue weighted by Crippen LogP contribution is -2.35. The minimum absolute atomic E-state index is 0.00821. The molecule has 6 nitrogen and oxygen atoms in total. The highest BCUT2D eigenvalue weighted by Crippen LogP contribution is 2.31. The molecule has 0 unspecified atom stereocenters.